The monoisotopic (exact) mass is 499 g/mol. The summed E-state index contributed by atoms with van der Waals surface area (Å²) in [7, 11) is 1.74. The van der Waals surface area contributed by atoms with Gasteiger partial charge < -0.3 is 19.4 Å². The highest BCUT2D eigenvalue weighted by molar-refractivity contribution is 7.99. The van der Waals surface area contributed by atoms with E-state index in [2.05, 4.69) is 20.5 Å². The third-order valence-electron chi connectivity index (χ3n) is 4.02. The zero-order valence-electron chi connectivity index (χ0n) is 17.3. The molecule has 0 aliphatic rings. The summed E-state index contributed by atoms with van der Waals surface area (Å²) < 4.78 is 25.5. The number of ether oxygens (including phenoxy) is 2. The van der Waals surface area contributed by atoms with Gasteiger partial charge in [0.1, 0.15) is 23.1 Å². The smallest absolute Gasteiger partial charge is 0.350 e. The lowest BCUT2D eigenvalue weighted by atomic mass is 10.3. The number of esters is 1. The Hall–Kier alpha value is -2.70. The first kappa shape index (κ1) is 24.0. The van der Waals surface area contributed by atoms with Crippen molar-refractivity contribution in [2.45, 2.75) is 25.6 Å². The summed E-state index contributed by atoms with van der Waals surface area (Å²) in [6.07, 6.45) is 0. The number of hydrogen-bond acceptors (Lipinski definition) is 9. The number of rotatable bonds is 9. The van der Waals surface area contributed by atoms with Gasteiger partial charge >= 0.3 is 5.97 Å². The fraction of sp³-hybridized carbons (Fsp3) is 0.316. The van der Waals surface area contributed by atoms with Gasteiger partial charge in [0.2, 0.25) is 5.91 Å². The molecule has 2 aromatic heterocycles. The van der Waals surface area contributed by atoms with Gasteiger partial charge in [-0.3, -0.25) is 4.79 Å². The minimum Gasteiger partial charge on any atom is -0.486 e. The number of anilines is 1. The van der Waals surface area contributed by atoms with Crippen molar-refractivity contribution in [3.63, 3.8) is 0 Å². The number of nitrogens with zero attached hydrogens (tertiary/aromatic N) is 4. The van der Waals surface area contributed by atoms with Crippen LogP contribution in [0.5, 0.6) is 5.75 Å². The fourth-order valence-electron chi connectivity index (χ4n) is 2.43. The van der Waals surface area contributed by atoms with Crippen LogP contribution in [0.3, 0.4) is 0 Å². The molecule has 1 amide bonds. The highest BCUT2D eigenvalue weighted by Crippen LogP contribution is 2.25. The molecule has 13 heteroatoms. The zero-order valence-corrected chi connectivity index (χ0v) is 19.7. The van der Waals surface area contributed by atoms with Crippen LogP contribution in [-0.2, 0) is 23.2 Å². The van der Waals surface area contributed by atoms with E-state index >= 15 is 0 Å². The zero-order chi connectivity index (χ0) is 23.3. The summed E-state index contributed by atoms with van der Waals surface area (Å²) in [6.45, 7) is 3.75. The van der Waals surface area contributed by atoms with E-state index < -0.39 is 11.8 Å². The Kier molecular flexibility index (Phi) is 8.04. The molecular formula is C19H19ClFN5O4S2. The highest BCUT2D eigenvalue weighted by Gasteiger charge is 2.18. The van der Waals surface area contributed by atoms with E-state index in [1.54, 1.807) is 25.5 Å². The standard InChI is InChI=1S/C19H19ClFN5O4S2/c1-4-29-17(28)16-10(2)22-18(32-16)23-15(27)9-31-19-25-24-14(26(19)3)8-30-11-5-6-13(21)12(20)7-11/h5-7H,4,8-9H2,1-3H3,(H,22,23,27). The number of thioether (sulfide) groups is 1. The minimum atomic E-state index is -0.528. The van der Waals surface area contributed by atoms with Crippen LogP contribution in [0.4, 0.5) is 9.52 Å². The molecule has 0 aliphatic carbocycles. The second kappa shape index (κ2) is 10.7. The largest absolute Gasteiger partial charge is 0.486 e. The summed E-state index contributed by atoms with van der Waals surface area (Å²) in [5.74, 6) is -0.320. The van der Waals surface area contributed by atoms with Gasteiger partial charge in [-0.05, 0) is 26.0 Å². The van der Waals surface area contributed by atoms with E-state index in [4.69, 9.17) is 21.1 Å². The summed E-state index contributed by atoms with van der Waals surface area (Å²) in [5, 5.41) is 11.6. The van der Waals surface area contributed by atoms with Crippen LogP contribution < -0.4 is 10.1 Å². The van der Waals surface area contributed by atoms with Crippen molar-refractivity contribution in [3.8, 4) is 5.75 Å². The molecule has 0 fully saturated rings. The number of amides is 1. The summed E-state index contributed by atoms with van der Waals surface area (Å²) in [4.78, 5) is 28.7. The molecule has 0 aliphatic heterocycles. The second-order valence-electron chi connectivity index (χ2n) is 6.31. The Balaban J connectivity index is 1.53. The third kappa shape index (κ3) is 5.96. The first-order valence-corrected chi connectivity index (χ1v) is 11.5. The summed E-state index contributed by atoms with van der Waals surface area (Å²) in [5.41, 5.74) is 0.497. The van der Waals surface area contributed by atoms with Crippen molar-refractivity contribution in [2.75, 3.05) is 17.7 Å². The average molecular weight is 500 g/mol. The van der Waals surface area contributed by atoms with Crippen molar-refractivity contribution in [2.24, 2.45) is 7.05 Å². The first-order valence-electron chi connectivity index (χ1n) is 9.31. The lowest BCUT2D eigenvalue weighted by molar-refractivity contribution is -0.113. The maximum Gasteiger partial charge on any atom is 0.350 e. The SMILES string of the molecule is CCOC(=O)c1sc(NC(=O)CSc2nnc(COc3ccc(F)c(Cl)c3)n2C)nc1C. The van der Waals surface area contributed by atoms with Gasteiger partial charge in [-0.25, -0.2) is 14.2 Å². The molecule has 3 rings (SSSR count). The molecule has 0 saturated heterocycles. The Labute approximate surface area is 196 Å². The topological polar surface area (TPSA) is 108 Å². The molecule has 3 aromatic rings. The minimum absolute atomic E-state index is 0.0347. The fourth-order valence-corrected chi connectivity index (χ4v) is 4.21. The van der Waals surface area contributed by atoms with Crippen molar-refractivity contribution < 1.29 is 23.5 Å². The predicted molar refractivity (Wildman–Crippen MR) is 119 cm³/mol. The molecule has 32 heavy (non-hydrogen) atoms. The maximum atomic E-state index is 13.2. The number of carbonyl (C=O) groups is 2. The second-order valence-corrected chi connectivity index (χ2v) is 8.66. The third-order valence-corrected chi connectivity index (χ3v) is 6.38. The average Bonchev–Trinajstić information content (AvgIpc) is 3.29. The van der Waals surface area contributed by atoms with Crippen molar-refractivity contribution >= 4 is 51.7 Å². The molecule has 1 N–H and O–H groups in total. The number of hydrogen-bond donors (Lipinski definition) is 1. The Morgan fingerprint density at radius 2 is 2.12 bits per heavy atom. The van der Waals surface area contributed by atoms with E-state index in [1.165, 1.54) is 30.0 Å². The molecule has 170 valence electrons. The van der Waals surface area contributed by atoms with Gasteiger partial charge in [0.25, 0.3) is 0 Å². The quantitative estimate of drug-likeness (QED) is 0.349. The summed E-state index contributed by atoms with van der Waals surface area (Å²) in [6, 6.07) is 4.06. The molecule has 0 atom stereocenters. The van der Waals surface area contributed by atoms with Crippen LogP contribution >= 0.6 is 34.7 Å². The van der Waals surface area contributed by atoms with Crippen molar-refractivity contribution in [1.29, 1.82) is 0 Å². The van der Waals surface area contributed by atoms with E-state index in [-0.39, 0.29) is 29.9 Å². The number of carbonyl (C=O) groups excluding carboxylic acids is 2. The molecule has 9 nitrogen and oxygen atoms in total. The molecule has 0 bridgehead atoms. The molecule has 1 aromatic carbocycles. The number of aromatic nitrogens is 4. The maximum absolute atomic E-state index is 13.2. The van der Waals surface area contributed by atoms with Crippen molar-refractivity contribution in [1.82, 2.24) is 19.7 Å². The number of halogens is 2. The van der Waals surface area contributed by atoms with Crippen molar-refractivity contribution in [3.05, 3.63) is 45.4 Å². The molecule has 0 unspecified atom stereocenters. The van der Waals surface area contributed by atoms with E-state index in [0.717, 1.165) is 11.3 Å². The number of thiazole rings is 1. The van der Waals surface area contributed by atoms with Crippen LogP contribution in [0, 0.1) is 12.7 Å². The van der Waals surface area contributed by atoms with E-state index in [1.807, 2.05) is 0 Å². The number of aryl methyl sites for hydroxylation is 1. The van der Waals surface area contributed by atoms with E-state index in [0.29, 0.717) is 32.4 Å². The molecular weight excluding hydrogens is 481 g/mol. The number of benzene rings is 1. The van der Waals surface area contributed by atoms with E-state index in [9.17, 15) is 14.0 Å². The van der Waals surface area contributed by atoms with Gasteiger partial charge in [-0.1, -0.05) is 34.7 Å². The highest BCUT2D eigenvalue weighted by atomic mass is 35.5. The molecule has 0 spiro atoms. The lowest BCUT2D eigenvalue weighted by Crippen LogP contribution is -2.14. The van der Waals surface area contributed by atoms with Crippen LogP contribution in [0.25, 0.3) is 0 Å². The van der Waals surface area contributed by atoms with Crippen LogP contribution in [0.15, 0.2) is 23.4 Å². The van der Waals surface area contributed by atoms with Gasteiger partial charge in [-0.15, -0.1) is 10.2 Å². The normalized spacial score (nSPS) is 10.8. The van der Waals surface area contributed by atoms with Gasteiger partial charge in [0.15, 0.2) is 16.1 Å². The summed E-state index contributed by atoms with van der Waals surface area (Å²) >= 11 is 7.99. The number of nitrogens with one attached hydrogen (secondary N) is 1. The first-order chi connectivity index (χ1) is 15.3. The molecule has 0 radical (unpaired) electrons. The van der Waals surface area contributed by atoms with Crippen LogP contribution in [-0.4, -0.2) is 44.0 Å². The Morgan fingerprint density at radius 3 is 2.84 bits per heavy atom. The Morgan fingerprint density at radius 1 is 1.34 bits per heavy atom. The van der Waals surface area contributed by atoms with Gasteiger partial charge in [0.05, 0.1) is 23.1 Å². The predicted octanol–water partition coefficient (Wildman–Crippen LogP) is 3.86. The molecule has 2 heterocycles. The molecule has 0 saturated carbocycles. The van der Waals surface area contributed by atoms with Crippen LogP contribution in [0.1, 0.15) is 28.1 Å². The Bertz CT molecular complexity index is 1140. The lowest BCUT2D eigenvalue weighted by Gasteiger charge is -2.07. The van der Waals surface area contributed by atoms with Gasteiger partial charge in [-0.2, -0.15) is 0 Å². The van der Waals surface area contributed by atoms with Crippen LogP contribution in [0.2, 0.25) is 5.02 Å². The van der Waals surface area contributed by atoms with Gasteiger partial charge in [0, 0.05) is 13.1 Å².